The van der Waals surface area contributed by atoms with Gasteiger partial charge in [-0.15, -0.1) is 0 Å². The minimum atomic E-state index is -1.33. The number of carbonyl (C=O) groups excluding carboxylic acids is 1. The Kier molecular flexibility index (Phi) is 11.1. The van der Waals surface area contributed by atoms with Crippen molar-refractivity contribution in [2.45, 2.75) is 77.4 Å². The first-order valence-electron chi connectivity index (χ1n) is 11.5. The Morgan fingerprint density at radius 3 is 2.06 bits per heavy atom. The fraction of sp³-hybridized carbons (Fsp3) is 0.464. The first-order chi connectivity index (χ1) is 16.0. The Morgan fingerprint density at radius 2 is 1.50 bits per heavy atom. The first-order valence-corrected chi connectivity index (χ1v) is 14.7. The standard InChI is InChI=1S/C28H37O4SeSi/c1-22(31-26(29)33-24-17-12-9-13-18-24)25(32-34(27(2,3)4)28(5,6)7)19-14-20-30-21-23-15-10-8-11-16-23/h8-13,15-18,22,25H,20-21H2,1-7H3/t22-,25-/m1/s1. The fourth-order valence-electron chi connectivity index (χ4n) is 3.61. The predicted molar refractivity (Wildman–Crippen MR) is 142 cm³/mol. The van der Waals surface area contributed by atoms with E-state index < -0.39 is 36.2 Å². The predicted octanol–water partition coefficient (Wildman–Crippen LogP) is 5.74. The summed E-state index contributed by atoms with van der Waals surface area (Å²) in [6.45, 7) is 15.9. The van der Waals surface area contributed by atoms with Crippen LogP contribution in [0.4, 0.5) is 4.79 Å². The molecule has 0 aliphatic rings. The van der Waals surface area contributed by atoms with Crippen molar-refractivity contribution in [3.63, 3.8) is 0 Å². The van der Waals surface area contributed by atoms with E-state index in [2.05, 4.69) is 53.4 Å². The van der Waals surface area contributed by atoms with E-state index in [0.29, 0.717) is 6.61 Å². The second-order valence-electron chi connectivity index (χ2n) is 10.2. The van der Waals surface area contributed by atoms with Crippen LogP contribution in [0.5, 0.6) is 0 Å². The molecule has 0 saturated carbocycles. The van der Waals surface area contributed by atoms with E-state index >= 15 is 0 Å². The van der Waals surface area contributed by atoms with Crippen molar-refractivity contribution in [2.75, 3.05) is 6.61 Å². The molecule has 0 saturated heterocycles. The van der Waals surface area contributed by atoms with Crippen molar-refractivity contribution in [1.82, 2.24) is 0 Å². The average molecular weight is 545 g/mol. The van der Waals surface area contributed by atoms with Crippen molar-refractivity contribution < 1.29 is 18.7 Å². The van der Waals surface area contributed by atoms with Crippen LogP contribution >= 0.6 is 0 Å². The minimum absolute atomic E-state index is 0.00956. The zero-order chi connectivity index (χ0) is 25.2. The van der Waals surface area contributed by atoms with Crippen LogP contribution in [0.2, 0.25) is 10.1 Å². The summed E-state index contributed by atoms with van der Waals surface area (Å²) in [5.74, 6) is 6.31. The SMILES string of the molecule is C[C@@H](OC(=O)[Se]c1ccccc1)[C@@H](C#CCOCc1ccccc1)O[Si](C(C)(C)C)C(C)(C)C. The molecule has 2 atom stereocenters. The van der Waals surface area contributed by atoms with Crippen LogP contribution in [0.1, 0.15) is 54.0 Å². The molecular formula is C28H37O4SeSi. The summed E-state index contributed by atoms with van der Waals surface area (Å²) < 4.78 is 19.2. The van der Waals surface area contributed by atoms with Gasteiger partial charge in [-0.1, -0.05) is 6.07 Å². The molecule has 2 aromatic rings. The van der Waals surface area contributed by atoms with Gasteiger partial charge in [0.25, 0.3) is 0 Å². The van der Waals surface area contributed by atoms with Crippen LogP contribution in [-0.4, -0.2) is 47.7 Å². The maximum absolute atomic E-state index is 12.6. The number of ether oxygens (including phenoxy) is 2. The molecular weight excluding hydrogens is 507 g/mol. The summed E-state index contributed by atoms with van der Waals surface area (Å²) in [4.78, 5) is 12.4. The molecule has 1 radical (unpaired) electrons. The van der Waals surface area contributed by atoms with E-state index in [1.54, 1.807) is 0 Å². The van der Waals surface area contributed by atoms with Gasteiger partial charge in [-0.05, 0) is 0 Å². The van der Waals surface area contributed by atoms with E-state index in [1.165, 1.54) is 0 Å². The molecule has 0 amide bonds. The molecule has 0 aliphatic heterocycles. The van der Waals surface area contributed by atoms with Gasteiger partial charge in [0.2, 0.25) is 0 Å². The van der Waals surface area contributed by atoms with Crippen molar-refractivity contribution in [2.24, 2.45) is 0 Å². The summed E-state index contributed by atoms with van der Waals surface area (Å²) in [5.41, 5.74) is 1.11. The quantitative estimate of drug-likeness (QED) is 0.230. The first kappa shape index (κ1) is 28.4. The maximum atomic E-state index is 12.6. The monoisotopic (exact) mass is 545 g/mol. The summed E-state index contributed by atoms with van der Waals surface area (Å²) >= 11 is -0.409. The van der Waals surface area contributed by atoms with E-state index in [1.807, 2.05) is 67.6 Å². The molecule has 0 bridgehead atoms. The van der Waals surface area contributed by atoms with Gasteiger partial charge < -0.3 is 0 Å². The molecule has 4 nitrogen and oxygen atoms in total. The number of carbonyl (C=O) groups is 1. The Morgan fingerprint density at radius 1 is 0.941 bits per heavy atom. The second-order valence-corrected chi connectivity index (χ2v) is 16.2. The van der Waals surface area contributed by atoms with Crippen LogP contribution in [0.25, 0.3) is 0 Å². The number of rotatable bonds is 9. The zero-order valence-corrected chi connectivity index (χ0v) is 24.1. The average Bonchev–Trinajstić information content (AvgIpc) is 2.75. The summed E-state index contributed by atoms with van der Waals surface area (Å²) in [7, 11) is -1.33. The zero-order valence-electron chi connectivity index (χ0n) is 21.4. The van der Waals surface area contributed by atoms with Crippen LogP contribution < -0.4 is 4.46 Å². The van der Waals surface area contributed by atoms with Gasteiger partial charge in [-0.25, -0.2) is 0 Å². The van der Waals surface area contributed by atoms with E-state index in [4.69, 9.17) is 13.9 Å². The summed E-state index contributed by atoms with van der Waals surface area (Å²) in [6.07, 6.45) is -0.993. The van der Waals surface area contributed by atoms with Gasteiger partial charge in [0, 0.05) is 0 Å². The number of hydrogen-bond donors (Lipinski definition) is 0. The molecule has 0 N–H and O–H groups in total. The van der Waals surface area contributed by atoms with Gasteiger partial charge in [-0.3, -0.25) is 0 Å². The molecule has 0 aromatic heterocycles. The van der Waals surface area contributed by atoms with Gasteiger partial charge >= 0.3 is 208 Å². The van der Waals surface area contributed by atoms with E-state index in [0.717, 1.165) is 10.0 Å². The number of benzene rings is 2. The third kappa shape index (κ3) is 10.2. The number of hydrogen-bond acceptors (Lipinski definition) is 4. The van der Waals surface area contributed by atoms with Crippen molar-refractivity contribution in [1.29, 1.82) is 0 Å². The van der Waals surface area contributed by atoms with Gasteiger partial charge in [-0.2, -0.15) is 0 Å². The van der Waals surface area contributed by atoms with E-state index in [9.17, 15) is 4.79 Å². The Hall–Kier alpha value is -1.87. The molecule has 0 fully saturated rings. The summed E-state index contributed by atoms with van der Waals surface area (Å²) in [6, 6.07) is 19.7. The van der Waals surface area contributed by atoms with Crippen LogP contribution in [0, 0.1) is 11.8 Å². The second kappa shape index (κ2) is 13.3. The molecule has 0 aliphatic carbocycles. The topological polar surface area (TPSA) is 44.8 Å². The van der Waals surface area contributed by atoms with Crippen LogP contribution in [0.3, 0.4) is 0 Å². The van der Waals surface area contributed by atoms with Crippen LogP contribution in [-0.2, 0) is 20.5 Å². The van der Waals surface area contributed by atoms with Gasteiger partial charge in [0.15, 0.2) is 0 Å². The van der Waals surface area contributed by atoms with Crippen molar-refractivity contribution in [3.05, 3.63) is 66.2 Å². The van der Waals surface area contributed by atoms with Crippen molar-refractivity contribution in [3.8, 4) is 11.8 Å². The van der Waals surface area contributed by atoms with E-state index in [-0.39, 0.29) is 21.6 Å². The molecule has 183 valence electrons. The molecule has 0 spiro atoms. The molecule has 0 unspecified atom stereocenters. The van der Waals surface area contributed by atoms with Gasteiger partial charge in [0.1, 0.15) is 0 Å². The Bertz CT molecular complexity index is 926. The summed E-state index contributed by atoms with van der Waals surface area (Å²) in [5, 5.41) is -0.0191. The van der Waals surface area contributed by atoms with Crippen molar-refractivity contribution >= 4 is 33.3 Å². The fourth-order valence-corrected chi connectivity index (χ4v) is 8.51. The molecule has 34 heavy (non-hydrogen) atoms. The molecule has 2 rings (SSSR count). The third-order valence-corrected chi connectivity index (χ3v) is 9.62. The third-order valence-electron chi connectivity index (χ3n) is 4.79. The molecule has 2 aromatic carbocycles. The normalized spacial score (nSPS) is 13.6. The molecule has 6 heteroatoms. The molecule has 0 heterocycles. The Balaban J connectivity index is 2.09. The Labute approximate surface area is 213 Å². The van der Waals surface area contributed by atoms with Gasteiger partial charge in [0.05, 0.1) is 0 Å². The van der Waals surface area contributed by atoms with Crippen LogP contribution in [0.15, 0.2) is 60.7 Å².